The van der Waals surface area contributed by atoms with E-state index in [4.69, 9.17) is 10.5 Å². The van der Waals surface area contributed by atoms with Crippen molar-refractivity contribution in [2.75, 3.05) is 13.2 Å². The lowest BCUT2D eigenvalue weighted by molar-refractivity contribution is 0.0802. The molecule has 0 saturated carbocycles. The fourth-order valence-corrected chi connectivity index (χ4v) is 2.10. The summed E-state index contributed by atoms with van der Waals surface area (Å²) in [6.07, 6.45) is 2.40. The summed E-state index contributed by atoms with van der Waals surface area (Å²) in [5, 5.41) is 0. The summed E-state index contributed by atoms with van der Waals surface area (Å²) < 4.78 is 5.50. The molecule has 0 aromatic heterocycles. The number of hydrogen-bond acceptors (Lipinski definition) is 2. The summed E-state index contributed by atoms with van der Waals surface area (Å²) in [6.45, 7) is 2.41. The predicted octanol–water partition coefficient (Wildman–Crippen LogP) is 2.04. The van der Waals surface area contributed by atoms with Crippen LogP contribution in [0.2, 0.25) is 0 Å². The highest BCUT2D eigenvalue weighted by Gasteiger charge is 2.17. The topological polar surface area (TPSA) is 35.2 Å². The first-order valence-corrected chi connectivity index (χ1v) is 5.27. The van der Waals surface area contributed by atoms with Crippen LogP contribution in [0, 0.1) is 0 Å². The molecule has 2 heteroatoms. The second-order valence-electron chi connectivity index (χ2n) is 3.82. The van der Waals surface area contributed by atoms with Crippen molar-refractivity contribution < 1.29 is 4.74 Å². The van der Waals surface area contributed by atoms with Gasteiger partial charge in [-0.25, -0.2) is 0 Å². The summed E-state index contributed by atoms with van der Waals surface area (Å²) >= 11 is 0. The van der Waals surface area contributed by atoms with Crippen molar-refractivity contribution in [3.63, 3.8) is 0 Å². The number of benzene rings is 1. The Morgan fingerprint density at radius 2 is 2.21 bits per heavy atom. The Labute approximate surface area is 85.1 Å². The minimum Gasteiger partial charge on any atom is -0.381 e. The number of hydrogen-bond donors (Lipinski definition) is 1. The minimum atomic E-state index is 0.559. The molecule has 2 nitrogen and oxygen atoms in total. The van der Waals surface area contributed by atoms with E-state index in [1.807, 2.05) is 0 Å². The van der Waals surface area contributed by atoms with Gasteiger partial charge in [0.25, 0.3) is 0 Å². The van der Waals surface area contributed by atoms with Gasteiger partial charge in [-0.15, -0.1) is 0 Å². The van der Waals surface area contributed by atoms with Crippen LogP contribution in [0.25, 0.3) is 0 Å². The molecule has 1 aliphatic rings. The van der Waals surface area contributed by atoms with Gasteiger partial charge in [0.05, 0.1) is 6.61 Å². The molecule has 1 atom stereocenters. The first-order valence-electron chi connectivity index (χ1n) is 5.27. The van der Waals surface area contributed by atoms with Gasteiger partial charge < -0.3 is 10.5 Å². The van der Waals surface area contributed by atoms with E-state index in [2.05, 4.69) is 24.3 Å². The van der Waals surface area contributed by atoms with Gasteiger partial charge in [0.15, 0.2) is 0 Å². The van der Waals surface area contributed by atoms with Crippen LogP contribution in [0.1, 0.15) is 29.9 Å². The summed E-state index contributed by atoms with van der Waals surface area (Å²) in [5.74, 6) is 0.559. The summed E-state index contributed by atoms with van der Waals surface area (Å²) in [5.41, 5.74) is 8.37. The van der Waals surface area contributed by atoms with Crippen molar-refractivity contribution in [1.29, 1.82) is 0 Å². The average molecular weight is 191 g/mol. The van der Waals surface area contributed by atoms with Crippen molar-refractivity contribution in [2.45, 2.75) is 25.3 Å². The molecular weight excluding hydrogens is 174 g/mol. The largest absolute Gasteiger partial charge is 0.381 e. The number of ether oxygens (including phenoxy) is 1. The smallest absolute Gasteiger partial charge is 0.0534 e. The van der Waals surface area contributed by atoms with Gasteiger partial charge in [-0.1, -0.05) is 24.3 Å². The fourth-order valence-electron chi connectivity index (χ4n) is 2.10. The molecular formula is C12H17NO. The Balaban J connectivity index is 2.20. The maximum absolute atomic E-state index is 5.72. The van der Waals surface area contributed by atoms with Crippen LogP contribution in [0.15, 0.2) is 24.3 Å². The molecule has 0 radical (unpaired) electrons. The van der Waals surface area contributed by atoms with Crippen LogP contribution in [-0.4, -0.2) is 13.2 Å². The molecule has 1 aliphatic heterocycles. The van der Waals surface area contributed by atoms with E-state index < -0.39 is 0 Å². The van der Waals surface area contributed by atoms with Gasteiger partial charge >= 0.3 is 0 Å². The molecule has 1 heterocycles. The Kier molecular flexibility index (Phi) is 3.17. The van der Waals surface area contributed by atoms with E-state index >= 15 is 0 Å². The second kappa shape index (κ2) is 4.58. The molecule has 14 heavy (non-hydrogen) atoms. The summed E-state index contributed by atoms with van der Waals surface area (Å²) in [4.78, 5) is 0. The van der Waals surface area contributed by atoms with Crippen LogP contribution in [0.5, 0.6) is 0 Å². The Morgan fingerprint density at radius 3 is 2.93 bits per heavy atom. The Hall–Kier alpha value is -0.860. The zero-order chi connectivity index (χ0) is 9.80. The maximum atomic E-state index is 5.72. The highest BCUT2D eigenvalue weighted by Crippen LogP contribution is 2.27. The van der Waals surface area contributed by atoms with E-state index in [9.17, 15) is 0 Å². The van der Waals surface area contributed by atoms with Crippen LogP contribution in [-0.2, 0) is 11.3 Å². The normalized spacial score (nSPS) is 22.2. The molecule has 0 amide bonds. The van der Waals surface area contributed by atoms with E-state index in [-0.39, 0.29) is 0 Å². The van der Waals surface area contributed by atoms with Gasteiger partial charge in [-0.3, -0.25) is 0 Å². The molecule has 1 unspecified atom stereocenters. The first kappa shape index (κ1) is 9.69. The van der Waals surface area contributed by atoms with E-state index in [0.29, 0.717) is 12.5 Å². The van der Waals surface area contributed by atoms with E-state index in [1.54, 1.807) is 0 Å². The highest BCUT2D eigenvalue weighted by molar-refractivity contribution is 5.30. The Morgan fingerprint density at radius 1 is 1.36 bits per heavy atom. The molecule has 1 aromatic rings. The lowest BCUT2D eigenvalue weighted by Gasteiger charge is -2.24. The van der Waals surface area contributed by atoms with E-state index in [1.165, 1.54) is 24.0 Å². The first-order chi connectivity index (χ1) is 6.92. The molecule has 1 fully saturated rings. The lowest BCUT2D eigenvalue weighted by Crippen LogP contribution is -2.17. The van der Waals surface area contributed by atoms with Crippen LogP contribution in [0.3, 0.4) is 0 Å². The fraction of sp³-hybridized carbons (Fsp3) is 0.500. The van der Waals surface area contributed by atoms with Gasteiger partial charge in [0.2, 0.25) is 0 Å². The maximum Gasteiger partial charge on any atom is 0.0534 e. The van der Waals surface area contributed by atoms with Gasteiger partial charge in [-0.05, 0) is 24.0 Å². The molecule has 0 spiro atoms. The molecule has 2 rings (SSSR count). The molecule has 76 valence electrons. The van der Waals surface area contributed by atoms with Crippen LogP contribution < -0.4 is 5.73 Å². The van der Waals surface area contributed by atoms with Crippen LogP contribution >= 0.6 is 0 Å². The molecule has 1 aromatic carbocycles. The average Bonchev–Trinajstić information content (AvgIpc) is 2.30. The van der Waals surface area contributed by atoms with Crippen molar-refractivity contribution in [3.8, 4) is 0 Å². The van der Waals surface area contributed by atoms with Crippen molar-refractivity contribution >= 4 is 0 Å². The quantitative estimate of drug-likeness (QED) is 0.776. The third-order valence-electron chi connectivity index (χ3n) is 2.88. The highest BCUT2D eigenvalue weighted by atomic mass is 16.5. The molecule has 0 bridgehead atoms. The van der Waals surface area contributed by atoms with Crippen molar-refractivity contribution in [2.24, 2.45) is 5.73 Å². The zero-order valence-electron chi connectivity index (χ0n) is 8.41. The van der Waals surface area contributed by atoms with Crippen LogP contribution in [0.4, 0.5) is 0 Å². The number of rotatable bonds is 2. The second-order valence-corrected chi connectivity index (χ2v) is 3.82. The number of nitrogens with two attached hydrogens (primary N) is 1. The summed E-state index contributed by atoms with van der Waals surface area (Å²) in [7, 11) is 0. The van der Waals surface area contributed by atoms with Crippen molar-refractivity contribution in [3.05, 3.63) is 35.4 Å². The molecule has 1 saturated heterocycles. The Bertz CT molecular complexity index is 292. The SMILES string of the molecule is NCc1ccccc1C1CCCOC1. The standard InChI is InChI=1S/C12H17NO/c13-8-10-4-1-2-6-12(10)11-5-3-7-14-9-11/h1-2,4,6,11H,3,5,7-9,13H2. The molecule has 0 aliphatic carbocycles. The monoisotopic (exact) mass is 191 g/mol. The minimum absolute atomic E-state index is 0.559. The van der Waals surface area contributed by atoms with Gasteiger partial charge in [-0.2, -0.15) is 0 Å². The third-order valence-corrected chi connectivity index (χ3v) is 2.88. The molecule has 2 N–H and O–H groups in total. The van der Waals surface area contributed by atoms with Gasteiger partial charge in [0.1, 0.15) is 0 Å². The summed E-state index contributed by atoms with van der Waals surface area (Å²) in [6, 6.07) is 8.43. The van der Waals surface area contributed by atoms with Crippen molar-refractivity contribution in [1.82, 2.24) is 0 Å². The zero-order valence-corrected chi connectivity index (χ0v) is 8.41. The van der Waals surface area contributed by atoms with Gasteiger partial charge in [0, 0.05) is 19.1 Å². The predicted molar refractivity (Wildman–Crippen MR) is 57.1 cm³/mol. The third kappa shape index (κ3) is 1.97. The van der Waals surface area contributed by atoms with E-state index in [0.717, 1.165) is 13.2 Å². The lowest BCUT2D eigenvalue weighted by atomic mass is 9.90.